The summed E-state index contributed by atoms with van der Waals surface area (Å²) in [4.78, 5) is 0. The van der Waals surface area contributed by atoms with Crippen molar-refractivity contribution in [2.75, 3.05) is 0 Å². The van der Waals surface area contributed by atoms with E-state index in [2.05, 4.69) is 53.9 Å². The van der Waals surface area contributed by atoms with Gasteiger partial charge in [-0.15, -0.1) is 0 Å². The minimum atomic E-state index is 0. The maximum atomic E-state index is 8.76. The van der Waals surface area contributed by atoms with E-state index in [1.807, 2.05) is 12.1 Å². The molecule has 0 heterocycles. The molecule has 0 bridgehead atoms. The summed E-state index contributed by atoms with van der Waals surface area (Å²) in [6.07, 6.45) is 1.28. The third-order valence-corrected chi connectivity index (χ3v) is 3.81. The van der Waals surface area contributed by atoms with Gasteiger partial charge in [-0.05, 0) is 17.7 Å². The molecule has 2 nitrogen and oxygen atoms in total. The smallest absolute Gasteiger partial charge is 0.101 e. The molecule has 3 heteroatoms. The van der Waals surface area contributed by atoms with Gasteiger partial charge in [-0.2, -0.15) is 5.26 Å². The molecule has 1 saturated carbocycles. The molecule has 1 aliphatic rings. The molecule has 0 aromatic heterocycles. The van der Waals surface area contributed by atoms with Crippen LogP contribution in [-0.4, -0.2) is 6.04 Å². The predicted octanol–water partition coefficient (Wildman–Crippen LogP) is -0.818. The number of rotatable bonds is 4. The van der Waals surface area contributed by atoms with Gasteiger partial charge in [0.25, 0.3) is 0 Å². The Labute approximate surface area is 125 Å². The molecule has 2 aromatic rings. The Morgan fingerprint density at radius 3 is 2.40 bits per heavy atom. The van der Waals surface area contributed by atoms with Gasteiger partial charge in [-0.25, -0.2) is 0 Å². The first kappa shape index (κ1) is 14.6. The topological polar surface area (TPSA) is 40.4 Å². The Kier molecular flexibility index (Phi) is 4.79. The Bertz CT molecular complexity index is 587. The quantitative estimate of drug-likeness (QED) is 0.783. The minimum Gasteiger partial charge on any atom is -1.00 e. The average molecular weight is 285 g/mol. The van der Waals surface area contributed by atoms with Gasteiger partial charge in [-0.3, -0.25) is 0 Å². The minimum absolute atomic E-state index is 0. The van der Waals surface area contributed by atoms with E-state index < -0.39 is 0 Å². The lowest BCUT2D eigenvalue weighted by Gasteiger charge is -2.02. The van der Waals surface area contributed by atoms with Crippen molar-refractivity contribution < 1.29 is 17.7 Å². The summed E-state index contributed by atoms with van der Waals surface area (Å²) in [5, 5.41) is 11.2. The monoisotopic (exact) mass is 284 g/mol. The highest BCUT2D eigenvalue weighted by molar-refractivity contribution is 5.31. The average Bonchev–Trinajstić information content (AvgIpc) is 3.26. The number of nitrogens with two attached hydrogens (primary N) is 1. The number of nitriles is 1. The number of quaternary nitrogens is 1. The van der Waals surface area contributed by atoms with Crippen LogP contribution in [0.15, 0.2) is 54.6 Å². The van der Waals surface area contributed by atoms with Gasteiger partial charge < -0.3 is 17.7 Å². The van der Waals surface area contributed by atoms with Crippen LogP contribution in [0.2, 0.25) is 0 Å². The van der Waals surface area contributed by atoms with Crippen LogP contribution >= 0.6 is 0 Å². The van der Waals surface area contributed by atoms with Crippen molar-refractivity contribution in [3.63, 3.8) is 0 Å². The second-order valence-corrected chi connectivity index (χ2v) is 5.17. The van der Waals surface area contributed by atoms with E-state index in [1.165, 1.54) is 17.5 Å². The standard InChI is InChI=1S/C17H16N2.ClH/c18-11-13-6-8-14(9-7-13)12-19-17-10-16(17)15-4-2-1-3-5-15;/h1-9,16-17,19H,10,12H2;1H/t16?,17-;/m0./s1. The molecule has 2 aromatic carbocycles. The molecule has 1 unspecified atom stereocenters. The third-order valence-electron chi connectivity index (χ3n) is 3.81. The lowest BCUT2D eigenvalue weighted by molar-refractivity contribution is -0.684. The van der Waals surface area contributed by atoms with Gasteiger partial charge >= 0.3 is 0 Å². The molecule has 1 fully saturated rings. The maximum absolute atomic E-state index is 8.76. The summed E-state index contributed by atoms with van der Waals surface area (Å²) in [5.74, 6) is 0.722. The van der Waals surface area contributed by atoms with Gasteiger partial charge in [0, 0.05) is 17.9 Å². The van der Waals surface area contributed by atoms with Gasteiger partial charge in [0.2, 0.25) is 0 Å². The van der Waals surface area contributed by atoms with E-state index in [0.29, 0.717) is 0 Å². The summed E-state index contributed by atoms with van der Waals surface area (Å²) in [6.45, 7) is 1.000. The normalized spacial score (nSPS) is 19.8. The Hall–Kier alpha value is -1.82. The number of benzene rings is 2. The maximum Gasteiger partial charge on any atom is 0.101 e. The van der Waals surface area contributed by atoms with Crippen molar-refractivity contribution >= 4 is 0 Å². The van der Waals surface area contributed by atoms with E-state index >= 15 is 0 Å². The molecule has 0 aliphatic heterocycles. The fourth-order valence-electron chi connectivity index (χ4n) is 2.56. The first-order valence-corrected chi connectivity index (χ1v) is 6.74. The van der Waals surface area contributed by atoms with Gasteiger partial charge in [0.1, 0.15) is 6.54 Å². The number of nitrogens with zero attached hydrogens (tertiary/aromatic N) is 1. The van der Waals surface area contributed by atoms with E-state index in [0.717, 1.165) is 24.1 Å². The Morgan fingerprint density at radius 1 is 1.05 bits per heavy atom. The molecule has 0 spiro atoms. The van der Waals surface area contributed by atoms with Crippen LogP contribution in [0, 0.1) is 11.3 Å². The second-order valence-electron chi connectivity index (χ2n) is 5.17. The molecular formula is C17H17ClN2. The summed E-state index contributed by atoms with van der Waals surface area (Å²) >= 11 is 0. The van der Waals surface area contributed by atoms with Crippen molar-refractivity contribution in [3.8, 4) is 6.07 Å². The van der Waals surface area contributed by atoms with Gasteiger partial charge in [-0.1, -0.05) is 42.5 Å². The zero-order chi connectivity index (χ0) is 13.1. The summed E-state index contributed by atoms with van der Waals surface area (Å²) in [6, 6.07) is 21.5. The molecule has 1 aliphatic carbocycles. The number of hydrogen-bond donors (Lipinski definition) is 1. The van der Waals surface area contributed by atoms with Crippen molar-refractivity contribution in [1.82, 2.24) is 0 Å². The SMILES string of the molecule is N#Cc1ccc(C[NH2+][C@H]2CC2c2ccccc2)cc1.[Cl-]. The molecule has 102 valence electrons. The number of hydrogen-bond acceptors (Lipinski definition) is 1. The Balaban J connectivity index is 0.00000147. The summed E-state index contributed by atoms with van der Waals surface area (Å²) < 4.78 is 0. The lowest BCUT2D eigenvalue weighted by atomic mass is 10.1. The van der Waals surface area contributed by atoms with E-state index in [1.54, 1.807) is 0 Å². The molecule has 20 heavy (non-hydrogen) atoms. The van der Waals surface area contributed by atoms with Gasteiger partial charge in [0.05, 0.1) is 17.7 Å². The zero-order valence-electron chi connectivity index (χ0n) is 11.2. The predicted molar refractivity (Wildman–Crippen MR) is 74.4 cm³/mol. The van der Waals surface area contributed by atoms with Crippen LogP contribution in [-0.2, 0) is 6.54 Å². The van der Waals surface area contributed by atoms with Crippen LogP contribution in [0.5, 0.6) is 0 Å². The van der Waals surface area contributed by atoms with Gasteiger partial charge in [0.15, 0.2) is 0 Å². The summed E-state index contributed by atoms with van der Waals surface area (Å²) in [7, 11) is 0. The molecule has 0 amide bonds. The van der Waals surface area contributed by atoms with Crippen molar-refractivity contribution in [1.29, 1.82) is 5.26 Å². The van der Waals surface area contributed by atoms with Crippen LogP contribution < -0.4 is 17.7 Å². The third kappa shape index (κ3) is 3.39. The fraction of sp³-hybridized carbons (Fsp3) is 0.235. The molecule has 0 saturated heterocycles. The van der Waals surface area contributed by atoms with E-state index in [4.69, 9.17) is 5.26 Å². The van der Waals surface area contributed by atoms with Crippen molar-refractivity contribution in [2.45, 2.75) is 24.9 Å². The Morgan fingerprint density at radius 2 is 1.75 bits per heavy atom. The first-order chi connectivity index (χ1) is 9.36. The zero-order valence-corrected chi connectivity index (χ0v) is 11.9. The molecule has 2 N–H and O–H groups in total. The largest absolute Gasteiger partial charge is 1.00 e. The highest BCUT2D eigenvalue weighted by atomic mass is 35.5. The molecule has 2 atom stereocenters. The number of halogens is 1. The van der Waals surface area contributed by atoms with Crippen LogP contribution in [0.3, 0.4) is 0 Å². The van der Waals surface area contributed by atoms with Crippen molar-refractivity contribution in [3.05, 3.63) is 71.3 Å². The van der Waals surface area contributed by atoms with Crippen molar-refractivity contribution in [2.24, 2.45) is 0 Å². The summed E-state index contributed by atoms with van der Waals surface area (Å²) in [5.41, 5.74) is 3.48. The second kappa shape index (κ2) is 6.56. The first-order valence-electron chi connectivity index (χ1n) is 6.74. The molecular weight excluding hydrogens is 268 g/mol. The lowest BCUT2D eigenvalue weighted by Crippen LogP contribution is -3.00. The van der Waals surface area contributed by atoms with Crippen LogP contribution in [0.25, 0.3) is 0 Å². The van der Waals surface area contributed by atoms with Crippen LogP contribution in [0.4, 0.5) is 0 Å². The van der Waals surface area contributed by atoms with E-state index in [9.17, 15) is 0 Å². The molecule has 0 radical (unpaired) electrons. The van der Waals surface area contributed by atoms with E-state index in [-0.39, 0.29) is 12.4 Å². The highest BCUT2D eigenvalue weighted by Crippen LogP contribution is 2.37. The van der Waals surface area contributed by atoms with Crippen LogP contribution in [0.1, 0.15) is 29.0 Å². The molecule has 3 rings (SSSR count). The fourth-order valence-corrected chi connectivity index (χ4v) is 2.56. The highest BCUT2D eigenvalue weighted by Gasteiger charge is 2.41.